The Balaban J connectivity index is 1.71. The van der Waals surface area contributed by atoms with Crippen LogP contribution in [0.2, 0.25) is 0 Å². The second-order valence-corrected chi connectivity index (χ2v) is 6.42. The Morgan fingerprint density at radius 1 is 1.00 bits per heavy atom. The number of para-hydroxylation sites is 1. The maximum Gasteiger partial charge on any atom is 0.302 e. The fourth-order valence-electron chi connectivity index (χ4n) is 2.42. The molecule has 0 aliphatic rings. The Morgan fingerprint density at radius 2 is 1.68 bits per heavy atom. The van der Waals surface area contributed by atoms with Crippen molar-refractivity contribution in [2.75, 3.05) is 0 Å². The summed E-state index contributed by atoms with van der Waals surface area (Å²) < 4.78 is 7.16. The van der Waals surface area contributed by atoms with E-state index < -0.39 is 0 Å². The lowest BCUT2D eigenvalue weighted by atomic mass is 10.2. The molecule has 1 atom stereocenters. The molecule has 0 spiro atoms. The van der Waals surface area contributed by atoms with Crippen molar-refractivity contribution >= 4 is 16.3 Å². The molecule has 2 aromatic heterocycles. The quantitative estimate of drug-likeness (QED) is 0.564. The van der Waals surface area contributed by atoms with Crippen LogP contribution < -0.4 is 10.3 Å². The van der Waals surface area contributed by atoms with Crippen LogP contribution in [0.3, 0.4) is 0 Å². The minimum Gasteiger partial charge on any atom is -0.483 e. The van der Waals surface area contributed by atoms with Gasteiger partial charge in [0.2, 0.25) is 4.96 Å². The van der Waals surface area contributed by atoms with Crippen molar-refractivity contribution in [3.63, 3.8) is 0 Å². The zero-order valence-electron chi connectivity index (χ0n) is 13.4. The summed E-state index contributed by atoms with van der Waals surface area (Å²) >= 11 is 1.30. The predicted octanol–water partition coefficient (Wildman–Crippen LogP) is 3.35. The summed E-state index contributed by atoms with van der Waals surface area (Å²) in [6, 6.07) is 18.7. The molecule has 0 aliphatic heterocycles. The van der Waals surface area contributed by atoms with E-state index in [1.807, 2.05) is 67.6 Å². The molecular weight excluding hydrogens is 336 g/mol. The summed E-state index contributed by atoms with van der Waals surface area (Å²) in [6.07, 6.45) is -0.298. The van der Waals surface area contributed by atoms with Crippen LogP contribution >= 0.6 is 11.3 Å². The Hall–Kier alpha value is -3.06. The van der Waals surface area contributed by atoms with E-state index in [-0.39, 0.29) is 17.4 Å². The van der Waals surface area contributed by atoms with Crippen LogP contribution in [0, 0.1) is 0 Å². The molecule has 0 radical (unpaired) electrons. The molecule has 0 saturated heterocycles. The molecule has 124 valence electrons. The lowest BCUT2D eigenvalue weighted by molar-refractivity contribution is 0.225. The molecule has 2 aromatic carbocycles. The average molecular weight is 350 g/mol. The van der Waals surface area contributed by atoms with Gasteiger partial charge in [0.05, 0.1) is 0 Å². The second kappa shape index (κ2) is 6.45. The minimum absolute atomic E-state index is 0.284. The molecule has 0 saturated carbocycles. The first-order valence-corrected chi connectivity index (χ1v) is 8.57. The van der Waals surface area contributed by atoms with Gasteiger partial charge in [-0.25, -0.2) is 0 Å². The maximum absolute atomic E-state index is 12.7. The molecule has 7 heteroatoms. The monoisotopic (exact) mass is 350 g/mol. The van der Waals surface area contributed by atoms with E-state index in [0.717, 1.165) is 11.3 Å². The van der Waals surface area contributed by atoms with Crippen molar-refractivity contribution in [1.82, 2.24) is 19.8 Å². The van der Waals surface area contributed by atoms with Gasteiger partial charge in [0.15, 0.2) is 10.7 Å². The highest BCUT2D eigenvalue weighted by Gasteiger charge is 2.17. The van der Waals surface area contributed by atoms with E-state index in [1.165, 1.54) is 15.9 Å². The molecule has 6 nitrogen and oxygen atoms in total. The van der Waals surface area contributed by atoms with E-state index in [4.69, 9.17) is 4.74 Å². The predicted molar refractivity (Wildman–Crippen MR) is 95.9 cm³/mol. The highest BCUT2D eigenvalue weighted by molar-refractivity contribution is 7.16. The Labute approximate surface area is 147 Å². The van der Waals surface area contributed by atoms with Gasteiger partial charge in [-0.2, -0.15) is 9.61 Å². The van der Waals surface area contributed by atoms with Gasteiger partial charge in [-0.1, -0.05) is 59.9 Å². The van der Waals surface area contributed by atoms with Crippen molar-refractivity contribution in [3.8, 4) is 17.0 Å². The Kier molecular flexibility index (Phi) is 3.99. The number of nitrogens with zero attached hydrogens (tertiary/aromatic N) is 4. The number of aromatic nitrogens is 4. The minimum atomic E-state index is -0.298. The van der Waals surface area contributed by atoms with E-state index in [2.05, 4.69) is 15.3 Å². The number of rotatable bonds is 4. The molecule has 0 amide bonds. The van der Waals surface area contributed by atoms with Gasteiger partial charge in [0, 0.05) is 5.56 Å². The first kappa shape index (κ1) is 15.5. The van der Waals surface area contributed by atoms with Gasteiger partial charge in [-0.05, 0) is 19.1 Å². The van der Waals surface area contributed by atoms with Crippen molar-refractivity contribution in [3.05, 3.63) is 76.0 Å². The standard InChI is InChI=1S/C18H14N4O2S/c1-12(24-14-10-6-3-7-11-14)16-21-22-17(23)15(19-20-18(22)25-16)13-8-4-2-5-9-13/h2-12H,1H3/t12-/m0/s1. The molecule has 0 N–H and O–H groups in total. The summed E-state index contributed by atoms with van der Waals surface area (Å²) in [7, 11) is 0. The Bertz CT molecular complexity index is 1060. The van der Waals surface area contributed by atoms with Crippen LogP contribution in [0.5, 0.6) is 5.75 Å². The van der Waals surface area contributed by atoms with Crippen molar-refractivity contribution in [1.29, 1.82) is 0 Å². The summed E-state index contributed by atoms with van der Waals surface area (Å²) in [4.78, 5) is 13.1. The topological polar surface area (TPSA) is 69.4 Å². The fraction of sp³-hybridized carbons (Fsp3) is 0.111. The van der Waals surface area contributed by atoms with Crippen molar-refractivity contribution in [2.45, 2.75) is 13.0 Å². The molecular formula is C18H14N4O2S. The highest BCUT2D eigenvalue weighted by Crippen LogP contribution is 2.24. The van der Waals surface area contributed by atoms with Crippen LogP contribution in [-0.2, 0) is 0 Å². The number of hydrogen-bond acceptors (Lipinski definition) is 6. The first-order valence-electron chi connectivity index (χ1n) is 7.76. The van der Waals surface area contributed by atoms with Gasteiger partial charge < -0.3 is 4.74 Å². The third kappa shape index (κ3) is 3.01. The van der Waals surface area contributed by atoms with Gasteiger partial charge in [-0.15, -0.1) is 10.2 Å². The number of fused-ring (bicyclic) bond motifs is 1. The number of benzene rings is 2. The van der Waals surface area contributed by atoms with Crippen LogP contribution in [0.25, 0.3) is 16.2 Å². The maximum atomic E-state index is 12.7. The van der Waals surface area contributed by atoms with E-state index >= 15 is 0 Å². The van der Waals surface area contributed by atoms with Crippen molar-refractivity contribution in [2.24, 2.45) is 0 Å². The van der Waals surface area contributed by atoms with Gasteiger partial charge >= 0.3 is 5.56 Å². The zero-order valence-corrected chi connectivity index (χ0v) is 14.2. The molecule has 4 rings (SSSR count). The fourth-order valence-corrected chi connectivity index (χ4v) is 3.24. The smallest absolute Gasteiger partial charge is 0.302 e. The molecule has 0 bridgehead atoms. The van der Waals surface area contributed by atoms with E-state index in [9.17, 15) is 4.79 Å². The SMILES string of the molecule is C[C@H](Oc1ccccc1)c1nn2c(=O)c(-c3ccccc3)nnc2s1. The third-order valence-electron chi connectivity index (χ3n) is 3.66. The molecule has 0 aliphatic carbocycles. The normalized spacial score (nSPS) is 12.2. The summed E-state index contributed by atoms with van der Waals surface area (Å²) in [6.45, 7) is 1.89. The summed E-state index contributed by atoms with van der Waals surface area (Å²) in [5.41, 5.74) is 0.717. The molecule has 0 unspecified atom stereocenters. The summed E-state index contributed by atoms with van der Waals surface area (Å²) in [5.74, 6) is 0.748. The number of hydrogen-bond donors (Lipinski definition) is 0. The summed E-state index contributed by atoms with van der Waals surface area (Å²) in [5, 5.41) is 13.3. The zero-order chi connectivity index (χ0) is 17.2. The van der Waals surface area contributed by atoms with Crippen LogP contribution in [0.4, 0.5) is 0 Å². The van der Waals surface area contributed by atoms with Gasteiger partial charge in [-0.3, -0.25) is 4.79 Å². The van der Waals surface area contributed by atoms with Gasteiger partial charge in [0.25, 0.3) is 0 Å². The highest BCUT2D eigenvalue weighted by atomic mass is 32.1. The Morgan fingerprint density at radius 3 is 2.40 bits per heavy atom. The molecule has 25 heavy (non-hydrogen) atoms. The van der Waals surface area contributed by atoms with Gasteiger partial charge in [0.1, 0.15) is 11.9 Å². The molecule has 0 fully saturated rings. The molecule has 4 aromatic rings. The second-order valence-electron chi connectivity index (χ2n) is 5.43. The third-order valence-corrected chi connectivity index (χ3v) is 4.72. The van der Waals surface area contributed by atoms with E-state index in [1.54, 1.807) is 0 Å². The van der Waals surface area contributed by atoms with E-state index in [0.29, 0.717) is 9.97 Å². The molecule has 2 heterocycles. The average Bonchev–Trinajstić information content (AvgIpc) is 3.09. The lowest BCUT2D eigenvalue weighted by Crippen LogP contribution is -2.19. The number of ether oxygens (including phenoxy) is 1. The van der Waals surface area contributed by atoms with Crippen LogP contribution in [-0.4, -0.2) is 19.8 Å². The van der Waals surface area contributed by atoms with Crippen molar-refractivity contribution < 1.29 is 4.74 Å². The first-order chi connectivity index (χ1) is 12.2. The van der Waals surface area contributed by atoms with Crippen LogP contribution in [0.1, 0.15) is 18.0 Å². The lowest BCUT2D eigenvalue weighted by Gasteiger charge is -2.10. The largest absolute Gasteiger partial charge is 0.483 e. The van der Waals surface area contributed by atoms with Crippen LogP contribution in [0.15, 0.2) is 65.5 Å².